The topological polar surface area (TPSA) is 12.0 Å². The van der Waals surface area contributed by atoms with Crippen molar-refractivity contribution in [2.45, 2.75) is 38.6 Å². The first kappa shape index (κ1) is 6.09. The molecule has 0 aromatic carbocycles. The lowest BCUT2D eigenvalue weighted by Gasteiger charge is -2.06. The van der Waals surface area contributed by atoms with E-state index in [9.17, 15) is 0 Å². The standard InChI is InChI=1S/C7H15N/c1-7-5-3-2-4-6-8-7/h7-8H,2-6H2,1H3/t7-/m1/s1. The Hall–Kier alpha value is -0.0400. The minimum atomic E-state index is 0.775. The van der Waals surface area contributed by atoms with Gasteiger partial charge in [0.1, 0.15) is 0 Å². The van der Waals surface area contributed by atoms with Crippen LogP contribution in [0.15, 0.2) is 0 Å². The van der Waals surface area contributed by atoms with Crippen LogP contribution in [0.3, 0.4) is 0 Å². The third kappa shape index (κ3) is 1.83. The molecule has 0 bridgehead atoms. The first-order chi connectivity index (χ1) is 3.89. The maximum atomic E-state index is 3.44. The van der Waals surface area contributed by atoms with Crippen LogP contribution in [0.5, 0.6) is 0 Å². The van der Waals surface area contributed by atoms with Crippen molar-refractivity contribution in [3.63, 3.8) is 0 Å². The van der Waals surface area contributed by atoms with Gasteiger partial charge in [0.2, 0.25) is 0 Å². The molecule has 1 rings (SSSR count). The van der Waals surface area contributed by atoms with E-state index in [1.807, 2.05) is 0 Å². The lowest BCUT2D eigenvalue weighted by Crippen LogP contribution is -2.24. The van der Waals surface area contributed by atoms with Crippen molar-refractivity contribution in [3.05, 3.63) is 0 Å². The Labute approximate surface area is 51.5 Å². The maximum absolute atomic E-state index is 3.44. The maximum Gasteiger partial charge on any atom is 0.00387 e. The zero-order valence-electron chi connectivity index (χ0n) is 5.61. The van der Waals surface area contributed by atoms with Crippen molar-refractivity contribution in [1.29, 1.82) is 0 Å². The van der Waals surface area contributed by atoms with E-state index in [0.29, 0.717) is 0 Å². The highest BCUT2D eigenvalue weighted by atomic mass is 14.9. The highest BCUT2D eigenvalue weighted by Crippen LogP contribution is 2.06. The molecule has 0 unspecified atom stereocenters. The van der Waals surface area contributed by atoms with Crippen LogP contribution in [0.4, 0.5) is 0 Å². The first-order valence-corrected chi connectivity index (χ1v) is 3.63. The largest absolute Gasteiger partial charge is 0.314 e. The molecule has 0 saturated carbocycles. The second-order valence-electron chi connectivity index (χ2n) is 2.70. The summed E-state index contributed by atoms with van der Waals surface area (Å²) in [5.41, 5.74) is 0. The highest BCUT2D eigenvalue weighted by Gasteiger charge is 2.03. The molecule has 1 heterocycles. The second-order valence-corrected chi connectivity index (χ2v) is 2.70. The molecule has 8 heavy (non-hydrogen) atoms. The lowest BCUT2D eigenvalue weighted by molar-refractivity contribution is 0.550. The van der Waals surface area contributed by atoms with Crippen molar-refractivity contribution in [3.8, 4) is 0 Å². The Bertz CT molecular complexity index is 53.4. The molecule has 1 saturated heterocycles. The molecule has 1 N–H and O–H groups in total. The normalized spacial score (nSPS) is 31.9. The summed E-state index contributed by atoms with van der Waals surface area (Å²) in [5.74, 6) is 0. The molecule has 1 fully saturated rings. The van der Waals surface area contributed by atoms with Gasteiger partial charge in [0.25, 0.3) is 0 Å². The SMILES string of the molecule is C[C@@H]1CCCCCN1. The van der Waals surface area contributed by atoms with E-state index in [1.54, 1.807) is 0 Å². The van der Waals surface area contributed by atoms with Crippen molar-refractivity contribution in [2.75, 3.05) is 6.54 Å². The molecule has 0 aromatic rings. The fourth-order valence-corrected chi connectivity index (χ4v) is 1.20. The van der Waals surface area contributed by atoms with Crippen LogP contribution in [0, 0.1) is 0 Å². The summed E-state index contributed by atoms with van der Waals surface area (Å²) in [6.07, 6.45) is 5.61. The molecule has 48 valence electrons. The minimum absolute atomic E-state index is 0.775. The van der Waals surface area contributed by atoms with E-state index in [4.69, 9.17) is 0 Å². The fourth-order valence-electron chi connectivity index (χ4n) is 1.20. The van der Waals surface area contributed by atoms with Crippen LogP contribution >= 0.6 is 0 Å². The molecule has 0 aliphatic carbocycles. The van der Waals surface area contributed by atoms with Gasteiger partial charge < -0.3 is 5.32 Å². The smallest absolute Gasteiger partial charge is 0.00387 e. The van der Waals surface area contributed by atoms with Crippen LogP contribution < -0.4 is 5.32 Å². The third-order valence-corrected chi connectivity index (χ3v) is 1.81. The monoisotopic (exact) mass is 113 g/mol. The van der Waals surface area contributed by atoms with Gasteiger partial charge in [-0.05, 0) is 26.3 Å². The molecular weight excluding hydrogens is 98.1 g/mol. The fraction of sp³-hybridized carbons (Fsp3) is 1.00. The van der Waals surface area contributed by atoms with Crippen LogP contribution in [-0.4, -0.2) is 12.6 Å². The minimum Gasteiger partial charge on any atom is -0.314 e. The summed E-state index contributed by atoms with van der Waals surface area (Å²) < 4.78 is 0. The Kier molecular flexibility index (Phi) is 2.34. The average molecular weight is 113 g/mol. The third-order valence-electron chi connectivity index (χ3n) is 1.81. The van der Waals surface area contributed by atoms with Gasteiger partial charge in [0, 0.05) is 6.04 Å². The summed E-state index contributed by atoms with van der Waals surface area (Å²) >= 11 is 0. The Morgan fingerprint density at radius 3 is 3.00 bits per heavy atom. The van der Waals surface area contributed by atoms with Crippen molar-refractivity contribution < 1.29 is 0 Å². The average Bonchev–Trinajstić information content (AvgIpc) is 1.94. The van der Waals surface area contributed by atoms with E-state index in [-0.39, 0.29) is 0 Å². The van der Waals surface area contributed by atoms with E-state index < -0.39 is 0 Å². The number of hydrogen-bond acceptors (Lipinski definition) is 1. The molecule has 0 aromatic heterocycles. The van der Waals surface area contributed by atoms with Gasteiger partial charge in [0.15, 0.2) is 0 Å². The highest BCUT2D eigenvalue weighted by molar-refractivity contribution is 4.64. The van der Waals surface area contributed by atoms with Crippen molar-refractivity contribution in [1.82, 2.24) is 5.32 Å². The quantitative estimate of drug-likeness (QED) is 0.502. The molecule has 1 nitrogen and oxygen atoms in total. The number of rotatable bonds is 0. The predicted molar refractivity (Wildman–Crippen MR) is 35.9 cm³/mol. The number of nitrogens with one attached hydrogen (secondary N) is 1. The van der Waals surface area contributed by atoms with Crippen LogP contribution in [0.25, 0.3) is 0 Å². The van der Waals surface area contributed by atoms with Gasteiger partial charge in [-0.15, -0.1) is 0 Å². The summed E-state index contributed by atoms with van der Waals surface area (Å²) in [7, 11) is 0. The first-order valence-electron chi connectivity index (χ1n) is 3.63. The molecule has 1 aliphatic heterocycles. The number of hydrogen-bond donors (Lipinski definition) is 1. The van der Waals surface area contributed by atoms with E-state index in [0.717, 1.165) is 6.04 Å². The van der Waals surface area contributed by atoms with Crippen molar-refractivity contribution >= 4 is 0 Å². The zero-order valence-corrected chi connectivity index (χ0v) is 5.61. The zero-order chi connectivity index (χ0) is 5.82. The summed E-state index contributed by atoms with van der Waals surface area (Å²) in [5, 5.41) is 3.44. The summed E-state index contributed by atoms with van der Waals surface area (Å²) in [6, 6.07) is 0.775. The van der Waals surface area contributed by atoms with Crippen LogP contribution in [-0.2, 0) is 0 Å². The summed E-state index contributed by atoms with van der Waals surface area (Å²) in [4.78, 5) is 0. The Morgan fingerprint density at radius 1 is 1.25 bits per heavy atom. The Balaban J connectivity index is 2.17. The van der Waals surface area contributed by atoms with Crippen LogP contribution in [0.2, 0.25) is 0 Å². The molecule has 1 atom stereocenters. The van der Waals surface area contributed by atoms with E-state index in [2.05, 4.69) is 12.2 Å². The van der Waals surface area contributed by atoms with Gasteiger partial charge in [-0.2, -0.15) is 0 Å². The van der Waals surface area contributed by atoms with Gasteiger partial charge in [-0.1, -0.05) is 12.8 Å². The van der Waals surface area contributed by atoms with Crippen molar-refractivity contribution in [2.24, 2.45) is 0 Å². The molecule has 0 spiro atoms. The Morgan fingerprint density at radius 2 is 2.12 bits per heavy atom. The van der Waals surface area contributed by atoms with Crippen LogP contribution in [0.1, 0.15) is 32.6 Å². The van der Waals surface area contributed by atoms with Gasteiger partial charge >= 0.3 is 0 Å². The molecule has 0 radical (unpaired) electrons. The molecule has 1 heteroatoms. The molecule has 0 amide bonds. The lowest BCUT2D eigenvalue weighted by atomic mass is 10.1. The van der Waals surface area contributed by atoms with E-state index in [1.165, 1.54) is 32.2 Å². The van der Waals surface area contributed by atoms with E-state index >= 15 is 0 Å². The summed E-state index contributed by atoms with van der Waals surface area (Å²) in [6.45, 7) is 3.51. The molecule has 1 aliphatic rings. The second kappa shape index (κ2) is 3.08. The van der Waals surface area contributed by atoms with Gasteiger partial charge in [0.05, 0.1) is 0 Å². The molecular formula is C7H15N. The van der Waals surface area contributed by atoms with Gasteiger partial charge in [-0.3, -0.25) is 0 Å². The predicted octanol–water partition coefficient (Wildman–Crippen LogP) is 1.54. The van der Waals surface area contributed by atoms with Gasteiger partial charge in [-0.25, -0.2) is 0 Å².